The van der Waals surface area contributed by atoms with Crippen LogP contribution in [0.3, 0.4) is 0 Å². The van der Waals surface area contributed by atoms with Crippen molar-refractivity contribution in [1.29, 1.82) is 0 Å². The molecule has 1 aromatic carbocycles. The zero-order valence-corrected chi connectivity index (χ0v) is 10.7. The van der Waals surface area contributed by atoms with Crippen LogP contribution in [0.4, 0.5) is 0 Å². The third-order valence-electron chi connectivity index (χ3n) is 2.66. The van der Waals surface area contributed by atoms with Gasteiger partial charge < -0.3 is 29.9 Å². The summed E-state index contributed by atoms with van der Waals surface area (Å²) < 4.78 is 9.86. The Morgan fingerprint density at radius 3 is 1.95 bits per heavy atom. The lowest BCUT2D eigenvalue weighted by Crippen LogP contribution is -2.28. The fraction of sp³-hybridized carbons (Fsp3) is 0.333. The van der Waals surface area contributed by atoms with Crippen molar-refractivity contribution < 1.29 is 39.5 Å². The molecule has 0 aliphatic carbocycles. The Morgan fingerprint density at radius 1 is 1.05 bits per heavy atom. The maximum atomic E-state index is 11.1. The standard InChI is InChI=1S/C12H14O8/c1-19-7-3-5(9(13)10(14)12(17)18)6(11(15)16)4-8(7)20-2/h3-4,9-10,13-14H,1-2H3,(H,15,16)(H,17,18). The fourth-order valence-electron chi connectivity index (χ4n) is 1.63. The number of aliphatic hydroxyl groups is 2. The van der Waals surface area contributed by atoms with E-state index in [2.05, 4.69) is 0 Å². The predicted octanol–water partition coefficient (Wildman–Crippen LogP) is -0.119. The van der Waals surface area contributed by atoms with Gasteiger partial charge in [0, 0.05) is 5.56 Å². The lowest BCUT2D eigenvalue weighted by molar-refractivity contribution is -0.153. The summed E-state index contributed by atoms with van der Waals surface area (Å²) in [5.41, 5.74) is -0.680. The lowest BCUT2D eigenvalue weighted by Gasteiger charge is -2.18. The number of methoxy groups -OCH3 is 2. The summed E-state index contributed by atoms with van der Waals surface area (Å²) in [5, 5.41) is 36.9. The van der Waals surface area contributed by atoms with E-state index in [0.29, 0.717) is 0 Å². The fourth-order valence-corrected chi connectivity index (χ4v) is 1.63. The smallest absolute Gasteiger partial charge is 0.336 e. The zero-order valence-electron chi connectivity index (χ0n) is 10.7. The summed E-state index contributed by atoms with van der Waals surface area (Å²) in [6, 6.07) is 2.19. The van der Waals surface area contributed by atoms with Gasteiger partial charge in [0.2, 0.25) is 0 Å². The molecule has 8 heteroatoms. The molecule has 0 aliphatic heterocycles. The molecule has 8 nitrogen and oxygen atoms in total. The van der Waals surface area contributed by atoms with Crippen molar-refractivity contribution in [1.82, 2.24) is 0 Å². The predicted molar refractivity (Wildman–Crippen MR) is 65.1 cm³/mol. The number of rotatable bonds is 6. The number of aliphatic hydroxyl groups excluding tert-OH is 2. The van der Waals surface area contributed by atoms with Crippen LogP contribution in [0.5, 0.6) is 11.5 Å². The Kier molecular flexibility index (Phi) is 4.89. The zero-order chi connectivity index (χ0) is 15.4. The first kappa shape index (κ1) is 15.7. The molecule has 110 valence electrons. The molecule has 20 heavy (non-hydrogen) atoms. The van der Waals surface area contributed by atoms with Crippen molar-refractivity contribution >= 4 is 11.9 Å². The van der Waals surface area contributed by atoms with Gasteiger partial charge in [0.1, 0.15) is 6.10 Å². The first-order valence-corrected chi connectivity index (χ1v) is 5.41. The van der Waals surface area contributed by atoms with E-state index in [9.17, 15) is 19.8 Å². The highest BCUT2D eigenvalue weighted by molar-refractivity contribution is 5.91. The molecule has 2 unspecified atom stereocenters. The summed E-state index contributed by atoms with van der Waals surface area (Å²) in [4.78, 5) is 21.8. The van der Waals surface area contributed by atoms with Crippen molar-refractivity contribution in [3.05, 3.63) is 23.3 Å². The average Bonchev–Trinajstić information content (AvgIpc) is 2.43. The molecule has 0 fully saturated rings. The number of ether oxygens (including phenoxy) is 2. The van der Waals surface area contributed by atoms with Gasteiger partial charge in [-0.25, -0.2) is 9.59 Å². The van der Waals surface area contributed by atoms with Crippen LogP contribution in [-0.2, 0) is 4.79 Å². The van der Waals surface area contributed by atoms with Gasteiger partial charge in [-0.3, -0.25) is 0 Å². The number of carboxylic acid groups (broad SMARTS) is 2. The molecule has 0 amide bonds. The highest BCUT2D eigenvalue weighted by Gasteiger charge is 2.30. The van der Waals surface area contributed by atoms with Crippen LogP contribution in [0, 0.1) is 0 Å². The Bertz CT molecular complexity index is 524. The van der Waals surface area contributed by atoms with Gasteiger partial charge in [0.15, 0.2) is 17.6 Å². The summed E-state index contributed by atoms with van der Waals surface area (Å²) in [7, 11) is 2.59. The summed E-state index contributed by atoms with van der Waals surface area (Å²) >= 11 is 0. The van der Waals surface area contributed by atoms with Gasteiger partial charge in [-0.2, -0.15) is 0 Å². The van der Waals surface area contributed by atoms with Crippen LogP contribution < -0.4 is 9.47 Å². The van der Waals surface area contributed by atoms with E-state index < -0.39 is 29.7 Å². The number of carboxylic acids is 2. The maximum Gasteiger partial charge on any atom is 0.336 e. The lowest BCUT2D eigenvalue weighted by atomic mass is 9.97. The Morgan fingerprint density at radius 2 is 1.55 bits per heavy atom. The van der Waals surface area contributed by atoms with E-state index in [4.69, 9.17) is 19.7 Å². The van der Waals surface area contributed by atoms with Gasteiger partial charge in [0.05, 0.1) is 19.8 Å². The van der Waals surface area contributed by atoms with E-state index in [1.165, 1.54) is 14.2 Å². The van der Waals surface area contributed by atoms with Gasteiger partial charge in [0.25, 0.3) is 0 Å². The third-order valence-corrected chi connectivity index (χ3v) is 2.66. The molecule has 2 atom stereocenters. The second kappa shape index (κ2) is 6.22. The van der Waals surface area contributed by atoms with Crippen LogP contribution in [0.1, 0.15) is 22.0 Å². The monoisotopic (exact) mass is 286 g/mol. The van der Waals surface area contributed by atoms with E-state index in [1.54, 1.807) is 0 Å². The number of aromatic carboxylic acids is 1. The van der Waals surface area contributed by atoms with E-state index in [1.807, 2.05) is 0 Å². The molecule has 4 N–H and O–H groups in total. The third kappa shape index (κ3) is 2.98. The SMILES string of the molecule is COc1cc(C(=O)O)c(C(O)C(O)C(=O)O)cc1OC. The quantitative estimate of drug-likeness (QED) is 0.568. The molecule has 0 spiro atoms. The minimum Gasteiger partial charge on any atom is -0.493 e. The molecular formula is C12H14O8. The average molecular weight is 286 g/mol. The van der Waals surface area contributed by atoms with Crippen molar-refractivity contribution in [2.75, 3.05) is 14.2 Å². The first-order valence-electron chi connectivity index (χ1n) is 5.41. The van der Waals surface area contributed by atoms with Crippen molar-refractivity contribution in [2.24, 2.45) is 0 Å². The molecule has 0 saturated carbocycles. The van der Waals surface area contributed by atoms with Gasteiger partial charge in [-0.15, -0.1) is 0 Å². The summed E-state index contributed by atoms with van der Waals surface area (Å²) in [5.74, 6) is -2.88. The maximum absolute atomic E-state index is 11.1. The van der Waals surface area contributed by atoms with Gasteiger partial charge in [-0.05, 0) is 12.1 Å². The van der Waals surface area contributed by atoms with Crippen molar-refractivity contribution in [3.8, 4) is 11.5 Å². The number of carbonyl (C=O) groups is 2. The molecule has 0 heterocycles. The minimum atomic E-state index is -2.16. The first-order chi connectivity index (χ1) is 9.33. The summed E-state index contributed by atoms with van der Waals surface area (Å²) in [6.07, 6.45) is -4.08. The molecule has 0 saturated heterocycles. The topological polar surface area (TPSA) is 134 Å². The van der Waals surface area contributed by atoms with Crippen LogP contribution >= 0.6 is 0 Å². The van der Waals surface area contributed by atoms with Gasteiger partial charge >= 0.3 is 11.9 Å². The molecule has 0 aliphatic rings. The van der Waals surface area contributed by atoms with Crippen LogP contribution in [0.25, 0.3) is 0 Å². The molecule has 0 bridgehead atoms. The second-order valence-corrected chi connectivity index (χ2v) is 3.83. The van der Waals surface area contributed by atoms with E-state index in [-0.39, 0.29) is 17.1 Å². The number of aliphatic carboxylic acids is 1. The van der Waals surface area contributed by atoms with Crippen LogP contribution in [0.2, 0.25) is 0 Å². The normalized spacial score (nSPS) is 13.4. The number of hydrogen-bond donors (Lipinski definition) is 4. The van der Waals surface area contributed by atoms with E-state index >= 15 is 0 Å². The van der Waals surface area contributed by atoms with E-state index in [0.717, 1.165) is 12.1 Å². The Labute approximate surface area is 113 Å². The highest BCUT2D eigenvalue weighted by atomic mass is 16.5. The van der Waals surface area contributed by atoms with Crippen LogP contribution in [0.15, 0.2) is 12.1 Å². The minimum absolute atomic E-state index is 0.101. The van der Waals surface area contributed by atoms with Crippen molar-refractivity contribution in [2.45, 2.75) is 12.2 Å². The highest BCUT2D eigenvalue weighted by Crippen LogP contribution is 2.34. The number of hydrogen-bond acceptors (Lipinski definition) is 6. The largest absolute Gasteiger partial charge is 0.493 e. The second-order valence-electron chi connectivity index (χ2n) is 3.83. The van der Waals surface area contributed by atoms with Crippen LogP contribution in [-0.4, -0.2) is 52.7 Å². The molecular weight excluding hydrogens is 272 g/mol. The Balaban J connectivity index is 3.43. The molecule has 0 aromatic heterocycles. The van der Waals surface area contributed by atoms with Crippen molar-refractivity contribution in [3.63, 3.8) is 0 Å². The Hall–Kier alpha value is -2.32. The summed E-state index contributed by atoms with van der Waals surface area (Å²) in [6.45, 7) is 0. The molecule has 1 aromatic rings. The number of benzene rings is 1. The van der Waals surface area contributed by atoms with Gasteiger partial charge in [-0.1, -0.05) is 0 Å². The molecule has 0 radical (unpaired) electrons. The molecule has 1 rings (SSSR count).